The van der Waals surface area contributed by atoms with E-state index in [1.54, 1.807) is 48.5 Å². The Bertz CT molecular complexity index is 1040. The van der Waals surface area contributed by atoms with Gasteiger partial charge in [-0.1, -0.05) is 42.5 Å². The molecular weight excluding hydrogens is 396 g/mol. The highest BCUT2D eigenvalue weighted by molar-refractivity contribution is 5.93. The molecule has 0 spiro atoms. The number of benzene rings is 3. The molecule has 0 heterocycles. The smallest absolute Gasteiger partial charge is 0.337 e. The molecule has 3 rings (SSSR count). The number of hydrogen-bond donors (Lipinski definition) is 1. The van der Waals surface area contributed by atoms with Crippen molar-refractivity contribution >= 4 is 18.0 Å². The Morgan fingerprint density at radius 2 is 1.45 bits per heavy atom. The van der Waals surface area contributed by atoms with Crippen LogP contribution in [-0.4, -0.2) is 30.8 Å². The number of carboxylic acid groups (broad SMARTS) is 1. The summed E-state index contributed by atoms with van der Waals surface area (Å²) in [6.45, 7) is 0.347. The molecule has 6 heteroatoms. The van der Waals surface area contributed by atoms with Crippen LogP contribution in [-0.2, 0) is 16.1 Å². The molecule has 0 aliphatic heterocycles. The maximum Gasteiger partial charge on any atom is 0.337 e. The van der Waals surface area contributed by atoms with Crippen LogP contribution in [0.25, 0.3) is 6.08 Å². The van der Waals surface area contributed by atoms with Gasteiger partial charge in [0.1, 0.15) is 24.7 Å². The molecule has 0 bridgehead atoms. The van der Waals surface area contributed by atoms with Gasteiger partial charge in [-0.2, -0.15) is 0 Å². The van der Waals surface area contributed by atoms with Crippen LogP contribution in [0.5, 0.6) is 11.5 Å². The van der Waals surface area contributed by atoms with Crippen molar-refractivity contribution in [1.29, 1.82) is 0 Å². The third-order valence-electron chi connectivity index (χ3n) is 4.41. The van der Waals surface area contributed by atoms with Crippen molar-refractivity contribution in [2.24, 2.45) is 0 Å². The average Bonchev–Trinajstić information content (AvgIpc) is 2.81. The summed E-state index contributed by atoms with van der Waals surface area (Å²) in [6.07, 6.45) is 1.50. The first-order valence-corrected chi connectivity index (χ1v) is 9.57. The molecule has 0 amide bonds. The zero-order valence-corrected chi connectivity index (χ0v) is 17.0. The predicted molar refractivity (Wildman–Crippen MR) is 116 cm³/mol. The van der Waals surface area contributed by atoms with Crippen LogP contribution in [0.2, 0.25) is 0 Å². The van der Waals surface area contributed by atoms with Gasteiger partial charge in [0.05, 0.1) is 18.2 Å². The fraction of sp³-hybridized carbons (Fsp3) is 0.120. The second-order valence-electron chi connectivity index (χ2n) is 6.62. The first-order chi connectivity index (χ1) is 15.0. The van der Waals surface area contributed by atoms with Gasteiger partial charge in [0.25, 0.3) is 0 Å². The summed E-state index contributed by atoms with van der Waals surface area (Å²) >= 11 is 0. The van der Waals surface area contributed by atoms with Crippen molar-refractivity contribution in [3.63, 3.8) is 0 Å². The maximum atomic E-state index is 11.6. The van der Waals surface area contributed by atoms with Crippen LogP contribution in [0.3, 0.4) is 0 Å². The molecule has 0 fully saturated rings. The zero-order chi connectivity index (χ0) is 22.1. The lowest BCUT2D eigenvalue weighted by Crippen LogP contribution is -2.10. The largest absolute Gasteiger partial charge is 0.489 e. The summed E-state index contributed by atoms with van der Waals surface area (Å²) < 4.78 is 16.0. The second-order valence-corrected chi connectivity index (χ2v) is 6.62. The monoisotopic (exact) mass is 418 g/mol. The summed E-state index contributed by atoms with van der Waals surface area (Å²) in [5, 5.41) is 9.47. The lowest BCUT2D eigenvalue weighted by atomic mass is 10.1. The van der Waals surface area contributed by atoms with Crippen LogP contribution < -0.4 is 9.47 Å². The molecule has 31 heavy (non-hydrogen) atoms. The van der Waals surface area contributed by atoms with E-state index in [1.807, 2.05) is 30.3 Å². The van der Waals surface area contributed by atoms with E-state index in [2.05, 4.69) is 4.74 Å². The van der Waals surface area contributed by atoms with Gasteiger partial charge in [0.15, 0.2) is 0 Å². The van der Waals surface area contributed by atoms with E-state index in [-0.39, 0.29) is 12.2 Å². The van der Waals surface area contributed by atoms with E-state index in [0.29, 0.717) is 29.2 Å². The molecule has 0 aliphatic carbocycles. The molecule has 0 aromatic heterocycles. The van der Waals surface area contributed by atoms with Crippen LogP contribution in [0, 0.1) is 0 Å². The van der Waals surface area contributed by atoms with Crippen LogP contribution in [0.4, 0.5) is 0 Å². The van der Waals surface area contributed by atoms with Gasteiger partial charge in [-0.25, -0.2) is 9.59 Å². The number of methoxy groups -OCH3 is 1. The Labute approximate surface area is 180 Å². The first kappa shape index (κ1) is 21.6. The summed E-state index contributed by atoms with van der Waals surface area (Å²) in [5.41, 5.74) is 2.18. The summed E-state index contributed by atoms with van der Waals surface area (Å²) in [7, 11) is 1.30. The molecular formula is C25H22O6. The number of esters is 1. The minimum atomic E-state index is -1.08. The molecule has 1 N–H and O–H groups in total. The number of carbonyl (C=O) groups is 2. The average molecular weight is 418 g/mol. The van der Waals surface area contributed by atoms with Gasteiger partial charge in [-0.3, -0.25) is 0 Å². The normalized spacial score (nSPS) is 10.9. The molecule has 0 atom stereocenters. The van der Waals surface area contributed by atoms with E-state index in [9.17, 15) is 14.7 Å². The van der Waals surface area contributed by atoms with Crippen molar-refractivity contribution in [3.8, 4) is 11.5 Å². The molecule has 3 aromatic rings. The van der Waals surface area contributed by atoms with Gasteiger partial charge in [-0.05, 0) is 53.6 Å². The van der Waals surface area contributed by atoms with Gasteiger partial charge in [-0.15, -0.1) is 0 Å². The highest BCUT2D eigenvalue weighted by Gasteiger charge is 2.10. The Kier molecular flexibility index (Phi) is 7.43. The van der Waals surface area contributed by atoms with Gasteiger partial charge in [0, 0.05) is 0 Å². The summed E-state index contributed by atoms with van der Waals surface area (Å²) in [5.74, 6) is -0.315. The molecule has 0 saturated carbocycles. The first-order valence-electron chi connectivity index (χ1n) is 9.57. The van der Waals surface area contributed by atoms with Crippen LogP contribution >= 0.6 is 0 Å². The van der Waals surface area contributed by atoms with E-state index >= 15 is 0 Å². The highest BCUT2D eigenvalue weighted by atomic mass is 16.5. The quantitative estimate of drug-likeness (QED) is 0.404. The van der Waals surface area contributed by atoms with E-state index in [4.69, 9.17) is 9.47 Å². The SMILES string of the molecule is COC(=O)c1ccc(C=C(COc2ccc(OCc3ccccc3)cc2)C(=O)O)cc1. The molecule has 0 aliphatic rings. The zero-order valence-electron chi connectivity index (χ0n) is 17.0. The second kappa shape index (κ2) is 10.6. The maximum absolute atomic E-state index is 11.6. The van der Waals surface area contributed by atoms with Crippen molar-refractivity contribution in [2.75, 3.05) is 13.7 Å². The Balaban J connectivity index is 1.59. The van der Waals surface area contributed by atoms with Crippen molar-refractivity contribution in [2.45, 2.75) is 6.61 Å². The van der Waals surface area contributed by atoms with E-state index < -0.39 is 11.9 Å². The fourth-order valence-corrected chi connectivity index (χ4v) is 2.73. The number of carboxylic acids is 1. The lowest BCUT2D eigenvalue weighted by Gasteiger charge is -2.09. The van der Waals surface area contributed by atoms with Crippen molar-refractivity contribution in [1.82, 2.24) is 0 Å². The number of hydrogen-bond acceptors (Lipinski definition) is 5. The third kappa shape index (κ3) is 6.47. The Hall–Kier alpha value is -4.06. The number of aliphatic carboxylic acids is 1. The lowest BCUT2D eigenvalue weighted by molar-refractivity contribution is -0.132. The molecule has 0 saturated heterocycles. The minimum Gasteiger partial charge on any atom is -0.489 e. The van der Waals surface area contributed by atoms with Crippen LogP contribution in [0.1, 0.15) is 21.5 Å². The van der Waals surface area contributed by atoms with Gasteiger partial charge < -0.3 is 19.3 Å². The minimum absolute atomic E-state index is 0.0789. The standard InChI is InChI=1S/C25H22O6/c1-29-25(28)20-9-7-18(8-10-20)15-21(24(26)27)17-31-23-13-11-22(12-14-23)30-16-19-5-3-2-4-6-19/h2-15H,16-17H2,1H3,(H,26,27). The molecule has 0 radical (unpaired) electrons. The van der Waals surface area contributed by atoms with E-state index in [0.717, 1.165) is 5.56 Å². The van der Waals surface area contributed by atoms with Crippen LogP contribution in [0.15, 0.2) is 84.4 Å². The van der Waals surface area contributed by atoms with Gasteiger partial charge >= 0.3 is 11.9 Å². The highest BCUT2D eigenvalue weighted by Crippen LogP contribution is 2.20. The molecule has 0 unspecified atom stereocenters. The molecule has 6 nitrogen and oxygen atoms in total. The predicted octanol–water partition coefficient (Wildman–Crippen LogP) is 4.60. The molecule has 158 valence electrons. The van der Waals surface area contributed by atoms with Crippen molar-refractivity contribution in [3.05, 3.63) is 101 Å². The third-order valence-corrected chi connectivity index (χ3v) is 4.41. The van der Waals surface area contributed by atoms with E-state index in [1.165, 1.54) is 13.2 Å². The topological polar surface area (TPSA) is 82.1 Å². The van der Waals surface area contributed by atoms with Crippen molar-refractivity contribution < 1.29 is 28.9 Å². The number of carbonyl (C=O) groups excluding carboxylic acids is 1. The Morgan fingerprint density at radius 3 is 2.03 bits per heavy atom. The molecule has 3 aromatic carbocycles. The summed E-state index contributed by atoms with van der Waals surface area (Å²) in [6, 6.07) is 23.3. The number of ether oxygens (including phenoxy) is 3. The summed E-state index contributed by atoms with van der Waals surface area (Å²) in [4.78, 5) is 23.1. The van der Waals surface area contributed by atoms with Gasteiger partial charge in [0.2, 0.25) is 0 Å². The number of rotatable bonds is 9. The Morgan fingerprint density at radius 1 is 0.839 bits per heavy atom. The fourth-order valence-electron chi connectivity index (χ4n) is 2.73.